The van der Waals surface area contributed by atoms with Gasteiger partial charge in [-0.05, 0) is 78.9 Å². The van der Waals surface area contributed by atoms with Crippen LogP contribution in [0.2, 0.25) is 5.02 Å². The number of nitrogens with zero attached hydrogens (tertiary/aromatic N) is 2. The van der Waals surface area contributed by atoms with Crippen LogP contribution in [0.1, 0.15) is 36.6 Å². The maximum atomic E-state index is 12.7. The second-order valence-corrected chi connectivity index (χ2v) is 8.74. The average molecular weight is 573 g/mol. The number of nitro groups is 1. The zero-order valence-electron chi connectivity index (χ0n) is 21.4. The number of amides is 2. The lowest BCUT2D eigenvalue weighted by Gasteiger charge is -2.09. The van der Waals surface area contributed by atoms with Crippen LogP contribution in [0.5, 0.6) is 11.5 Å². The van der Waals surface area contributed by atoms with Gasteiger partial charge in [0.25, 0.3) is 11.8 Å². The van der Waals surface area contributed by atoms with Crippen molar-refractivity contribution in [2.24, 2.45) is 5.10 Å². The summed E-state index contributed by atoms with van der Waals surface area (Å²) >= 11 is 5.84. The van der Waals surface area contributed by atoms with E-state index in [1.807, 2.05) is 0 Å². The van der Waals surface area contributed by atoms with Gasteiger partial charge in [-0.1, -0.05) is 17.7 Å². The number of hydrazone groups is 1. The first-order chi connectivity index (χ1) is 19.7. The van der Waals surface area contributed by atoms with Crippen molar-refractivity contribution in [3.63, 3.8) is 0 Å². The number of anilines is 1. The molecule has 2 N–H and O–H groups in total. The molecule has 0 saturated heterocycles. The molecule has 0 radical (unpaired) electrons. The van der Waals surface area contributed by atoms with Gasteiger partial charge in [-0.15, -0.1) is 0 Å². The minimum Gasteiger partial charge on any atom is -0.497 e. The van der Waals surface area contributed by atoms with Crippen LogP contribution in [-0.4, -0.2) is 36.0 Å². The van der Waals surface area contributed by atoms with Crippen LogP contribution in [0, 0.1) is 10.1 Å². The minimum atomic E-state index is -0.830. The first-order valence-corrected chi connectivity index (χ1v) is 12.3. The number of hydrogen-bond acceptors (Lipinski definition) is 8. The number of nitro benzene ring substituents is 1. The minimum absolute atomic E-state index is 0.0848. The molecule has 11 nitrogen and oxygen atoms in total. The highest BCUT2D eigenvalue weighted by atomic mass is 35.5. The van der Waals surface area contributed by atoms with Crippen LogP contribution in [0.25, 0.3) is 0 Å². The normalized spacial score (nSPS) is 10.6. The van der Waals surface area contributed by atoms with Crippen molar-refractivity contribution in [2.75, 3.05) is 12.4 Å². The fourth-order valence-corrected chi connectivity index (χ4v) is 3.64. The Bertz CT molecular complexity index is 1620. The zero-order valence-corrected chi connectivity index (χ0v) is 22.1. The van der Waals surface area contributed by atoms with E-state index in [2.05, 4.69) is 15.8 Å². The third-order valence-corrected chi connectivity index (χ3v) is 5.87. The summed E-state index contributed by atoms with van der Waals surface area (Å²) in [5, 5.41) is 18.7. The molecule has 0 aliphatic carbocycles. The third-order valence-electron chi connectivity index (χ3n) is 5.62. The molecule has 0 saturated carbocycles. The molecule has 206 valence electrons. The molecule has 0 bridgehead atoms. The van der Waals surface area contributed by atoms with Gasteiger partial charge in [0.05, 0.1) is 23.8 Å². The van der Waals surface area contributed by atoms with Crippen molar-refractivity contribution in [2.45, 2.75) is 0 Å². The quantitative estimate of drug-likeness (QED) is 0.0884. The number of carbonyl (C=O) groups is 3. The largest absolute Gasteiger partial charge is 0.497 e. The van der Waals surface area contributed by atoms with E-state index in [1.54, 1.807) is 48.5 Å². The Balaban J connectivity index is 1.43. The molecule has 0 unspecified atom stereocenters. The Kier molecular flexibility index (Phi) is 9.02. The number of ether oxygens (including phenoxy) is 2. The van der Waals surface area contributed by atoms with Gasteiger partial charge in [0.15, 0.2) is 0 Å². The Morgan fingerprint density at radius 1 is 0.854 bits per heavy atom. The molecule has 4 aromatic rings. The lowest BCUT2D eigenvalue weighted by molar-refractivity contribution is -0.385. The van der Waals surface area contributed by atoms with Crippen LogP contribution >= 0.6 is 11.6 Å². The number of benzene rings is 4. The predicted octanol–water partition coefficient (Wildman–Crippen LogP) is 5.49. The first kappa shape index (κ1) is 28.5. The van der Waals surface area contributed by atoms with E-state index >= 15 is 0 Å². The number of rotatable bonds is 9. The number of carbonyl (C=O) groups excluding carboxylic acids is 3. The van der Waals surface area contributed by atoms with E-state index in [1.165, 1.54) is 49.6 Å². The molecule has 41 heavy (non-hydrogen) atoms. The molecule has 2 amide bonds. The van der Waals surface area contributed by atoms with Crippen molar-refractivity contribution in [1.82, 2.24) is 5.43 Å². The van der Waals surface area contributed by atoms with E-state index in [9.17, 15) is 24.5 Å². The highest BCUT2D eigenvalue weighted by Crippen LogP contribution is 2.31. The monoisotopic (exact) mass is 572 g/mol. The number of esters is 1. The van der Waals surface area contributed by atoms with Crippen LogP contribution in [0.3, 0.4) is 0 Å². The fourth-order valence-electron chi connectivity index (χ4n) is 3.51. The third kappa shape index (κ3) is 7.31. The van der Waals surface area contributed by atoms with Gasteiger partial charge >= 0.3 is 11.7 Å². The molecule has 0 heterocycles. The topological polar surface area (TPSA) is 149 Å². The van der Waals surface area contributed by atoms with Crippen LogP contribution in [0.15, 0.2) is 96.1 Å². The molecule has 12 heteroatoms. The predicted molar refractivity (Wildman–Crippen MR) is 152 cm³/mol. The summed E-state index contributed by atoms with van der Waals surface area (Å²) in [5.74, 6) is -1.57. The number of hydrogen-bond donors (Lipinski definition) is 2. The second-order valence-electron chi connectivity index (χ2n) is 8.31. The van der Waals surface area contributed by atoms with Crippen LogP contribution < -0.4 is 20.2 Å². The van der Waals surface area contributed by atoms with E-state index in [4.69, 9.17) is 21.1 Å². The SMILES string of the molecule is COc1ccc(C(=O)Oc2c(/C=N/NC(=O)c3ccc(NC(=O)c4ccc(Cl)cc4)cc3)cccc2[N+](=O)[O-])cc1. The molecular weight excluding hydrogens is 552 g/mol. The number of nitrogens with one attached hydrogen (secondary N) is 2. The summed E-state index contributed by atoms with van der Waals surface area (Å²) in [7, 11) is 1.48. The van der Waals surface area contributed by atoms with Crippen molar-refractivity contribution >= 4 is 47.0 Å². The summed E-state index contributed by atoms with van der Waals surface area (Å²) in [6, 6.07) is 22.5. The smallest absolute Gasteiger partial charge is 0.343 e. The lowest BCUT2D eigenvalue weighted by Crippen LogP contribution is -2.18. The van der Waals surface area contributed by atoms with Gasteiger partial charge in [0.1, 0.15) is 5.75 Å². The van der Waals surface area contributed by atoms with Gasteiger partial charge in [0.2, 0.25) is 5.75 Å². The lowest BCUT2D eigenvalue weighted by atomic mass is 10.1. The highest BCUT2D eigenvalue weighted by molar-refractivity contribution is 6.30. The highest BCUT2D eigenvalue weighted by Gasteiger charge is 2.22. The molecule has 0 atom stereocenters. The second kappa shape index (κ2) is 13.0. The molecule has 0 aliphatic heterocycles. The average Bonchev–Trinajstić information content (AvgIpc) is 2.98. The molecule has 4 rings (SSSR count). The molecule has 0 aliphatic rings. The van der Waals surface area contributed by atoms with E-state index < -0.39 is 22.5 Å². The first-order valence-electron chi connectivity index (χ1n) is 11.9. The maximum absolute atomic E-state index is 12.7. The van der Waals surface area contributed by atoms with Gasteiger partial charge in [0, 0.05) is 33.5 Å². The van der Waals surface area contributed by atoms with Crippen LogP contribution in [-0.2, 0) is 0 Å². The Morgan fingerprint density at radius 3 is 2.10 bits per heavy atom. The maximum Gasteiger partial charge on any atom is 0.343 e. The van der Waals surface area contributed by atoms with E-state index in [0.29, 0.717) is 22.0 Å². The summed E-state index contributed by atoms with van der Waals surface area (Å²) in [4.78, 5) is 48.5. The summed E-state index contributed by atoms with van der Waals surface area (Å²) in [6.07, 6.45) is 1.13. The Labute approximate surface area is 238 Å². The van der Waals surface area contributed by atoms with Crippen molar-refractivity contribution < 1.29 is 28.8 Å². The molecule has 4 aromatic carbocycles. The summed E-state index contributed by atoms with van der Waals surface area (Å²) < 4.78 is 10.4. The van der Waals surface area contributed by atoms with Gasteiger partial charge in [-0.3, -0.25) is 19.7 Å². The van der Waals surface area contributed by atoms with Gasteiger partial charge < -0.3 is 14.8 Å². The summed E-state index contributed by atoms with van der Waals surface area (Å²) in [6.45, 7) is 0. The molecular formula is C29H21ClN4O7. The van der Waals surface area contributed by atoms with Crippen LogP contribution in [0.4, 0.5) is 11.4 Å². The molecule has 0 aromatic heterocycles. The van der Waals surface area contributed by atoms with E-state index in [0.717, 1.165) is 6.21 Å². The van der Waals surface area contributed by atoms with Crippen molar-refractivity contribution in [1.29, 1.82) is 0 Å². The fraction of sp³-hybridized carbons (Fsp3) is 0.0345. The Morgan fingerprint density at radius 2 is 1.46 bits per heavy atom. The molecule has 0 spiro atoms. The molecule has 0 fully saturated rings. The van der Waals surface area contributed by atoms with Crippen molar-refractivity contribution in [3.05, 3.63) is 128 Å². The van der Waals surface area contributed by atoms with Gasteiger partial charge in [-0.25, -0.2) is 10.2 Å². The van der Waals surface area contributed by atoms with Gasteiger partial charge in [-0.2, -0.15) is 5.10 Å². The number of methoxy groups -OCH3 is 1. The standard InChI is InChI=1S/C29H21ClN4O7/c1-40-24-15-9-20(10-16-24)29(37)41-26-21(3-2-4-25(26)34(38)39)17-31-33-28(36)19-7-13-23(14-8-19)32-27(35)18-5-11-22(30)12-6-18/h2-17H,1H3,(H,32,35)(H,33,36)/b31-17+. The number of para-hydroxylation sites is 1. The Hall–Kier alpha value is -5.55. The van der Waals surface area contributed by atoms with Crippen molar-refractivity contribution in [3.8, 4) is 11.5 Å². The summed E-state index contributed by atoms with van der Waals surface area (Å²) in [5.41, 5.74) is 3.20. The van der Waals surface area contributed by atoms with E-state index in [-0.39, 0.29) is 28.3 Å². The zero-order chi connectivity index (χ0) is 29.4. The number of halogens is 1.